The molecule has 2 heteroatoms. The molecule has 0 aliphatic carbocycles. The Kier molecular flexibility index (Phi) is 2.78. The fourth-order valence-corrected chi connectivity index (χ4v) is 3.54. The molecule has 102 valence electrons. The summed E-state index contributed by atoms with van der Waals surface area (Å²) >= 11 is 0. The zero-order valence-corrected chi connectivity index (χ0v) is 11.8. The molecule has 0 fully saturated rings. The third-order valence-electron chi connectivity index (χ3n) is 4.50. The van der Waals surface area contributed by atoms with Gasteiger partial charge in [0.25, 0.3) is 0 Å². The van der Waals surface area contributed by atoms with Crippen LogP contribution in [0.2, 0.25) is 0 Å². The lowest BCUT2D eigenvalue weighted by Gasteiger charge is -2.33. The van der Waals surface area contributed by atoms with E-state index >= 15 is 0 Å². The molecule has 0 aromatic heterocycles. The zero-order valence-electron chi connectivity index (χ0n) is 11.8. The van der Waals surface area contributed by atoms with Crippen LogP contribution in [-0.2, 0) is 13.0 Å². The molecule has 1 atom stereocenters. The Hall–Kier alpha value is -1.80. The van der Waals surface area contributed by atoms with Crippen molar-refractivity contribution in [2.24, 2.45) is 0 Å². The molecule has 0 saturated carbocycles. The third-order valence-corrected chi connectivity index (χ3v) is 4.50. The van der Waals surface area contributed by atoms with Crippen LogP contribution in [0.25, 0.3) is 0 Å². The SMILES string of the molecule is CN1Cc2c(ccc3c2OCC3)[C@H](c2ccccc2)C1. The first-order valence-electron chi connectivity index (χ1n) is 7.34. The number of rotatable bonds is 1. The van der Waals surface area contributed by atoms with Crippen LogP contribution in [0, 0.1) is 0 Å². The number of likely N-dealkylation sites (N-methyl/N-ethyl adjacent to an activating group) is 1. The molecule has 2 nitrogen and oxygen atoms in total. The van der Waals surface area contributed by atoms with Gasteiger partial charge in [0.15, 0.2) is 0 Å². The molecule has 2 aromatic carbocycles. The van der Waals surface area contributed by atoms with Crippen molar-refractivity contribution in [2.45, 2.75) is 18.9 Å². The maximum atomic E-state index is 5.90. The van der Waals surface area contributed by atoms with E-state index in [0.29, 0.717) is 5.92 Å². The lowest BCUT2D eigenvalue weighted by atomic mass is 9.83. The van der Waals surface area contributed by atoms with Crippen molar-refractivity contribution >= 4 is 0 Å². The standard InChI is InChI=1S/C18H19NO/c1-19-11-16(13-5-3-2-4-6-13)15-8-7-14-9-10-20-18(14)17(15)12-19/h2-8,16H,9-12H2,1H3/t16-/m0/s1. The van der Waals surface area contributed by atoms with Gasteiger partial charge in [-0.05, 0) is 23.7 Å². The summed E-state index contributed by atoms with van der Waals surface area (Å²) < 4.78 is 5.90. The Balaban J connectivity index is 1.86. The Morgan fingerprint density at radius 1 is 1.10 bits per heavy atom. The largest absolute Gasteiger partial charge is 0.493 e. The summed E-state index contributed by atoms with van der Waals surface area (Å²) in [6, 6.07) is 15.4. The van der Waals surface area contributed by atoms with Gasteiger partial charge in [-0.25, -0.2) is 0 Å². The summed E-state index contributed by atoms with van der Waals surface area (Å²) in [5, 5.41) is 0. The summed E-state index contributed by atoms with van der Waals surface area (Å²) in [5.74, 6) is 1.62. The van der Waals surface area contributed by atoms with E-state index in [4.69, 9.17) is 4.74 Å². The minimum absolute atomic E-state index is 0.458. The Labute approximate surface area is 120 Å². The van der Waals surface area contributed by atoms with Crippen molar-refractivity contribution in [3.63, 3.8) is 0 Å². The highest BCUT2D eigenvalue weighted by Gasteiger charge is 2.29. The van der Waals surface area contributed by atoms with Crippen LogP contribution in [0.1, 0.15) is 28.2 Å². The highest BCUT2D eigenvalue weighted by atomic mass is 16.5. The second-order valence-electron chi connectivity index (χ2n) is 5.88. The monoisotopic (exact) mass is 265 g/mol. The fourth-order valence-electron chi connectivity index (χ4n) is 3.54. The Morgan fingerprint density at radius 3 is 2.80 bits per heavy atom. The number of fused-ring (bicyclic) bond motifs is 3. The van der Waals surface area contributed by atoms with Crippen LogP contribution in [0.15, 0.2) is 42.5 Å². The molecule has 0 bridgehead atoms. The molecule has 0 N–H and O–H groups in total. The lowest BCUT2D eigenvalue weighted by Crippen LogP contribution is -2.31. The van der Waals surface area contributed by atoms with Crippen molar-refractivity contribution < 1.29 is 4.74 Å². The van der Waals surface area contributed by atoms with Gasteiger partial charge in [0.05, 0.1) is 6.61 Å². The summed E-state index contributed by atoms with van der Waals surface area (Å²) in [6.07, 6.45) is 1.06. The molecule has 0 radical (unpaired) electrons. The highest BCUT2D eigenvalue weighted by molar-refractivity contribution is 5.53. The van der Waals surface area contributed by atoms with Crippen LogP contribution in [0.5, 0.6) is 5.75 Å². The van der Waals surface area contributed by atoms with Gasteiger partial charge >= 0.3 is 0 Å². The van der Waals surface area contributed by atoms with Gasteiger partial charge < -0.3 is 9.64 Å². The summed E-state index contributed by atoms with van der Waals surface area (Å²) in [6.45, 7) is 2.92. The Bertz CT molecular complexity index is 635. The first-order valence-corrected chi connectivity index (χ1v) is 7.34. The quantitative estimate of drug-likeness (QED) is 0.785. The van der Waals surface area contributed by atoms with Crippen molar-refractivity contribution in [3.8, 4) is 5.75 Å². The number of hydrogen-bond acceptors (Lipinski definition) is 2. The molecular formula is C18H19NO. The molecule has 0 saturated heterocycles. The van der Waals surface area contributed by atoms with Crippen molar-refractivity contribution in [3.05, 3.63) is 64.7 Å². The van der Waals surface area contributed by atoms with E-state index in [1.165, 1.54) is 22.3 Å². The molecule has 2 aliphatic rings. The first-order chi connectivity index (χ1) is 9.83. The predicted molar refractivity (Wildman–Crippen MR) is 80.3 cm³/mol. The van der Waals surface area contributed by atoms with Gasteiger partial charge in [-0.3, -0.25) is 0 Å². The molecular weight excluding hydrogens is 246 g/mol. The smallest absolute Gasteiger partial charge is 0.127 e. The Morgan fingerprint density at radius 2 is 1.95 bits per heavy atom. The van der Waals surface area contributed by atoms with Crippen LogP contribution >= 0.6 is 0 Å². The summed E-state index contributed by atoms with van der Waals surface area (Å²) in [7, 11) is 2.20. The van der Waals surface area contributed by atoms with Gasteiger partial charge in [0, 0.05) is 31.0 Å². The molecule has 0 unspecified atom stereocenters. The van der Waals surface area contributed by atoms with Crippen LogP contribution in [-0.4, -0.2) is 25.1 Å². The third kappa shape index (κ3) is 1.83. The maximum absolute atomic E-state index is 5.90. The number of nitrogens with zero attached hydrogens (tertiary/aromatic N) is 1. The molecule has 0 amide bonds. The van der Waals surface area contributed by atoms with E-state index in [9.17, 15) is 0 Å². The van der Waals surface area contributed by atoms with E-state index in [1.54, 1.807) is 0 Å². The summed E-state index contributed by atoms with van der Waals surface area (Å²) in [5.41, 5.74) is 5.64. The van der Waals surface area contributed by atoms with Gasteiger partial charge in [-0.2, -0.15) is 0 Å². The second-order valence-corrected chi connectivity index (χ2v) is 5.88. The van der Waals surface area contributed by atoms with E-state index in [1.807, 2.05) is 0 Å². The molecule has 4 rings (SSSR count). The molecule has 2 aromatic rings. The lowest BCUT2D eigenvalue weighted by molar-refractivity contribution is 0.282. The maximum Gasteiger partial charge on any atom is 0.127 e. The van der Waals surface area contributed by atoms with Crippen molar-refractivity contribution in [2.75, 3.05) is 20.2 Å². The van der Waals surface area contributed by atoms with E-state index in [2.05, 4.69) is 54.4 Å². The number of benzene rings is 2. The average Bonchev–Trinajstić information content (AvgIpc) is 2.96. The van der Waals surface area contributed by atoms with E-state index in [-0.39, 0.29) is 0 Å². The number of ether oxygens (including phenoxy) is 1. The minimum Gasteiger partial charge on any atom is -0.493 e. The molecule has 2 aliphatic heterocycles. The highest BCUT2D eigenvalue weighted by Crippen LogP contribution is 2.41. The van der Waals surface area contributed by atoms with Gasteiger partial charge in [0.1, 0.15) is 5.75 Å². The van der Waals surface area contributed by atoms with Gasteiger partial charge in [0.2, 0.25) is 0 Å². The molecule has 20 heavy (non-hydrogen) atoms. The van der Waals surface area contributed by atoms with Crippen LogP contribution in [0.3, 0.4) is 0 Å². The van der Waals surface area contributed by atoms with Gasteiger partial charge in [-0.1, -0.05) is 42.5 Å². The van der Waals surface area contributed by atoms with Crippen molar-refractivity contribution in [1.82, 2.24) is 4.90 Å². The van der Waals surface area contributed by atoms with Crippen LogP contribution in [0.4, 0.5) is 0 Å². The normalized spacial score (nSPS) is 21.1. The van der Waals surface area contributed by atoms with Crippen LogP contribution < -0.4 is 4.74 Å². The van der Waals surface area contributed by atoms with E-state index < -0.39 is 0 Å². The summed E-state index contributed by atoms with van der Waals surface area (Å²) in [4.78, 5) is 2.40. The van der Waals surface area contributed by atoms with Crippen molar-refractivity contribution in [1.29, 1.82) is 0 Å². The minimum atomic E-state index is 0.458. The second kappa shape index (κ2) is 4.64. The van der Waals surface area contributed by atoms with E-state index in [0.717, 1.165) is 31.9 Å². The average molecular weight is 265 g/mol. The zero-order chi connectivity index (χ0) is 13.5. The number of hydrogen-bond donors (Lipinski definition) is 0. The van der Waals surface area contributed by atoms with Gasteiger partial charge in [-0.15, -0.1) is 0 Å². The fraction of sp³-hybridized carbons (Fsp3) is 0.333. The first kappa shape index (κ1) is 12.0. The molecule has 2 heterocycles. The molecule has 0 spiro atoms. The topological polar surface area (TPSA) is 12.5 Å². The predicted octanol–water partition coefficient (Wildman–Crippen LogP) is 3.20.